The van der Waals surface area contributed by atoms with Crippen LogP contribution in [0, 0.1) is 5.92 Å². The summed E-state index contributed by atoms with van der Waals surface area (Å²) in [7, 11) is 0. The summed E-state index contributed by atoms with van der Waals surface area (Å²) in [5.74, 6) is 0.995. The van der Waals surface area contributed by atoms with Crippen molar-refractivity contribution < 1.29 is 9.90 Å². The van der Waals surface area contributed by atoms with E-state index in [0.717, 1.165) is 21.3 Å². The Hall–Kier alpha value is -1.27. The molecule has 1 aromatic heterocycles. The van der Waals surface area contributed by atoms with Crippen molar-refractivity contribution in [2.75, 3.05) is 17.6 Å². The molecule has 0 fully saturated rings. The topological polar surface area (TPSA) is 62.2 Å². The van der Waals surface area contributed by atoms with Crippen LogP contribution in [0.5, 0.6) is 0 Å². The smallest absolute Gasteiger partial charge is 0.303 e. The highest BCUT2D eigenvalue weighted by Crippen LogP contribution is 2.32. The predicted molar refractivity (Wildman–Crippen MR) is 90.5 cm³/mol. The number of aromatic nitrogens is 1. The maximum absolute atomic E-state index is 10.5. The van der Waals surface area contributed by atoms with Gasteiger partial charge in [-0.15, -0.1) is 11.3 Å². The normalized spacial score (nSPS) is 11.2. The van der Waals surface area contributed by atoms with Gasteiger partial charge < -0.3 is 10.4 Å². The van der Waals surface area contributed by atoms with Crippen LogP contribution in [0.25, 0.3) is 10.2 Å². The molecule has 2 N–H and O–H groups in total. The number of nitrogens with one attached hydrogen (secondary N) is 1. The Morgan fingerprint density at radius 3 is 3.00 bits per heavy atom. The molecule has 0 saturated heterocycles. The Morgan fingerprint density at radius 2 is 2.29 bits per heavy atom. The largest absolute Gasteiger partial charge is 0.481 e. The van der Waals surface area contributed by atoms with Gasteiger partial charge in [0.1, 0.15) is 0 Å². The van der Waals surface area contributed by atoms with Crippen LogP contribution in [0.4, 0.5) is 5.69 Å². The molecule has 0 radical (unpaired) electrons. The van der Waals surface area contributed by atoms with Gasteiger partial charge in [0, 0.05) is 24.4 Å². The van der Waals surface area contributed by atoms with E-state index >= 15 is 0 Å². The van der Waals surface area contributed by atoms with E-state index in [1.54, 1.807) is 23.1 Å². The highest BCUT2D eigenvalue weighted by atomic mass is 32.2. The lowest BCUT2D eigenvalue weighted by Crippen LogP contribution is -2.04. The van der Waals surface area contributed by atoms with Gasteiger partial charge in [-0.3, -0.25) is 4.79 Å². The zero-order valence-electron chi connectivity index (χ0n) is 12.3. The number of thiazole rings is 1. The molecule has 0 aliphatic carbocycles. The third-order valence-corrected chi connectivity index (χ3v) is 5.39. The van der Waals surface area contributed by atoms with Gasteiger partial charge >= 0.3 is 5.97 Å². The summed E-state index contributed by atoms with van der Waals surface area (Å²) < 4.78 is 2.28. The van der Waals surface area contributed by atoms with Crippen LogP contribution in [-0.2, 0) is 4.79 Å². The van der Waals surface area contributed by atoms with Crippen molar-refractivity contribution >= 4 is 45.0 Å². The average Bonchev–Trinajstić information content (AvgIpc) is 2.83. The van der Waals surface area contributed by atoms with Crippen molar-refractivity contribution in [2.45, 2.75) is 31.0 Å². The van der Waals surface area contributed by atoms with Gasteiger partial charge in [0.25, 0.3) is 0 Å². The summed E-state index contributed by atoms with van der Waals surface area (Å²) in [5.41, 5.74) is 2.05. The minimum Gasteiger partial charge on any atom is -0.481 e. The first-order valence-corrected chi connectivity index (χ1v) is 8.84. The van der Waals surface area contributed by atoms with E-state index in [-0.39, 0.29) is 6.42 Å². The highest BCUT2D eigenvalue weighted by molar-refractivity contribution is 8.01. The number of carboxylic acid groups (broad SMARTS) is 1. The second-order valence-corrected chi connectivity index (χ2v) is 7.59. The fraction of sp³-hybridized carbons (Fsp3) is 0.467. The zero-order chi connectivity index (χ0) is 15.2. The van der Waals surface area contributed by atoms with Crippen molar-refractivity contribution in [3.05, 3.63) is 18.2 Å². The number of hydrogen-bond donors (Lipinski definition) is 2. The maximum atomic E-state index is 10.5. The third kappa shape index (κ3) is 5.21. The highest BCUT2D eigenvalue weighted by Gasteiger charge is 2.06. The van der Waals surface area contributed by atoms with Crippen LogP contribution in [0.1, 0.15) is 26.7 Å². The molecule has 0 saturated carbocycles. The number of hydrogen-bond acceptors (Lipinski definition) is 5. The molecule has 0 aliphatic rings. The van der Waals surface area contributed by atoms with Gasteiger partial charge in [-0.1, -0.05) is 25.6 Å². The quantitative estimate of drug-likeness (QED) is 0.559. The Kier molecular flexibility index (Phi) is 5.87. The number of thioether (sulfide) groups is 1. The number of carboxylic acids is 1. The van der Waals surface area contributed by atoms with Crippen molar-refractivity contribution in [3.8, 4) is 0 Å². The van der Waals surface area contributed by atoms with Crippen LogP contribution in [0.15, 0.2) is 22.5 Å². The molecule has 0 unspecified atom stereocenters. The fourth-order valence-corrected chi connectivity index (χ4v) is 3.87. The number of rotatable bonds is 8. The summed E-state index contributed by atoms with van der Waals surface area (Å²) in [5, 5.41) is 11.9. The molecule has 21 heavy (non-hydrogen) atoms. The number of fused-ring (bicyclic) bond motifs is 1. The molecule has 2 aromatic rings. The number of nitrogens with zero attached hydrogens (tertiary/aromatic N) is 1. The van der Waals surface area contributed by atoms with Crippen molar-refractivity contribution in [1.29, 1.82) is 0 Å². The van der Waals surface area contributed by atoms with Gasteiger partial charge in [-0.05, 0) is 30.5 Å². The monoisotopic (exact) mass is 324 g/mol. The van der Waals surface area contributed by atoms with E-state index in [4.69, 9.17) is 5.11 Å². The van der Waals surface area contributed by atoms with Crippen LogP contribution in [0.3, 0.4) is 0 Å². The Bertz CT molecular complexity index is 611. The Morgan fingerprint density at radius 1 is 1.48 bits per heavy atom. The molecule has 0 spiro atoms. The van der Waals surface area contributed by atoms with Crippen molar-refractivity contribution in [2.24, 2.45) is 5.92 Å². The first-order chi connectivity index (χ1) is 10.0. The number of aliphatic carboxylic acids is 1. The predicted octanol–water partition coefficient (Wildman–Crippen LogP) is 4.32. The van der Waals surface area contributed by atoms with Crippen LogP contribution in [0.2, 0.25) is 0 Å². The lowest BCUT2D eigenvalue weighted by Gasteiger charge is -2.04. The standard InChI is InChI=1S/C15H20N2O2S2/c1-10(2)9-20-15-17-12-6-5-11(8-13(12)21-15)16-7-3-4-14(18)19/h5-6,8,10,16H,3-4,7,9H2,1-2H3,(H,18,19). The second kappa shape index (κ2) is 7.66. The summed E-state index contributed by atoms with van der Waals surface area (Å²) in [4.78, 5) is 15.1. The van der Waals surface area contributed by atoms with E-state index < -0.39 is 5.97 Å². The first-order valence-electron chi connectivity index (χ1n) is 7.03. The van der Waals surface area contributed by atoms with E-state index in [1.165, 1.54) is 4.70 Å². The fourth-order valence-electron chi connectivity index (χ4n) is 1.79. The molecule has 114 valence electrons. The van der Waals surface area contributed by atoms with Crippen LogP contribution >= 0.6 is 23.1 Å². The molecule has 0 bridgehead atoms. The minimum absolute atomic E-state index is 0.200. The van der Waals surface area contributed by atoms with E-state index in [1.807, 2.05) is 12.1 Å². The van der Waals surface area contributed by atoms with E-state index in [9.17, 15) is 4.79 Å². The Balaban J connectivity index is 1.95. The lowest BCUT2D eigenvalue weighted by molar-refractivity contribution is -0.137. The summed E-state index contributed by atoms with van der Waals surface area (Å²) >= 11 is 3.52. The average molecular weight is 324 g/mol. The number of anilines is 1. The molecule has 6 heteroatoms. The first kappa shape index (κ1) is 16.1. The Labute approximate surface area is 133 Å². The molecular weight excluding hydrogens is 304 g/mol. The molecule has 0 amide bonds. The van der Waals surface area contributed by atoms with Gasteiger partial charge in [-0.25, -0.2) is 4.98 Å². The molecule has 0 atom stereocenters. The summed E-state index contributed by atoms with van der Waals surface area (Å²) in [6.45, 7) is 5.09. The molecule has 2 rings (SSSR count). The van der Waals surface area contributed by atoms with Crippen molar-refractivity contribution in [3.63, 3.8) is 0 Å². The minimum atomic E-state index is -0.749. The van der Waals surface area contributed by atoms with Gasteiger partial charge in [-0.2, -0.15) is 0 Å². The van der Waals surface area contributed by atoms with Crippen LogP contribution in [-0.4, -0.2) is 28.4 Å². The third-order valence-electron chi connectivity index (χ3n) is 2.81. The lowest BCUT2D eigenvalue weighted by atomic mass is 10.2. The second-order valence-electron chi connectivity index (χ2n) is 5.29. The molecule has 1 aromatic carbocycles. The van der Waals surface area contributed by atoms with Crippen molar-refractivity contribution in [1.82, 2.24) is 4.98 Å². The number of benzene rings is 1. The summed E-state index contributed by atoms with van der Waals surface area (Å²) in [6, 6.07) is 6.11. The SMILES string of the molecule is CC(C)CSc1nc2ccc(NCCCC(=O)O)cc2s1. The molecule has 1 heterocycles. The molecule has 0 aliphatic heterocycles. The van der Waals surface area contributed by atoms with E-state index in [0.29, 0.717) is 18.9 Å². The van der Waals surface area contributed by atoms with Gasteiger partial charge in [0.2, 0.25) is 0 Å². The van der Waals surface area contributed by atoms with E-state index in [2.05, 4.69) is 30.2 Å². The maximum Gasteiger partial charge on any atom is 0.303 e. The zero-order valence-corrected chi connectivity index (χ0v) is 13.9. The van der Waals surface area contributed by atoms with Gasteiger partial charge in [0.05, 0.1) is 10.2 Å². The number of carbonyl (C=O) groups is 1. The summed E-state index contributed by atoms with van der Waals surface area (Å²) in [6.07, 6.45) is 0.831. The van der Waals surface area contributed by atoms with Gasteiger partial charge in [0.15, 0.2) is 4.34 Å². The molecule has 4 nitrogen and oxygen atoms in total. The molecular formula is C15H20N2O2S2. The van der Waals surface area contributed by atoms with Crippen LogP contribution < -0.4 is 5.32 Å².